The molecule has 3 heteroatoms. The van der Waals surface area contributed by atoms with Gasteiger partial charge < -0.3 is 10.4 Å². The van der Waals surface area contributed by atoms with Crippen molar-refractivity contribution in [3.05, 3.63) is 0 Å². The molecule has 2 N–H and O–H groups in total. The normalized spacial score (nSPS) is 26.9. The summed E-state index contributed by atoms with van der Waals surface area (Å²) in [6, 6.07) is 0.555. The van der Waals surface area contributed by atoms with Crippen LogP contribution in [-0.2, 0) is 4.79 Å². The largest absolute Gasteiger partial charge is 0.481 e. The molecule has 0 radical (unpaired) electrons. The van der Waals surface area contributed by atoms with Crippen molar-refractivity contribution in [1.82, 2.24) is 5.32 Å². The summed E-state index contributed by atoms with van der Waals surface area (Å²) in [6.45, 7) is 5.21. The van der Waals surface area contributed by atoms with Gasteiger partial charge in [-0.05, 0) is 37.5 Å². The van der Waals surface area contributed by atoms with Crippen molar-refractivity contribution >= 4 is 5.97 Å². The number of carboxylic acids is 1. The van der Waals surface area contributed by atoms with Crippen LogP contribution >= 0.6 is 0 Å². The Kier molecular flexibility index (Phi) is 5.09. The first kappa shape index (κ1) is 12.5. The van der Waals surface area contributed by atoms with Gasteiger partial charge in [0.25, 0.3) is 0 Å². The quantitative estimate of drug-likeness (QED) is 0.736. The number of hydrogen-bond acceptors (Lipinski definition) is 2. The molecule has 3 nitrogen and oxygen atoms in total. The highest BCUT2D eigenvalue weighted by Crippen LogP contribution is 2.29. The predicted molar refractivity (Wildman–Crippen MR) is 60.8 cm³/mol. The Morgan fingerprint density at radius 3 is 2.40 bits per heavy atom. The molecule has 1 saturated carbocycles. The lowest BCUT2D eigenvalue weighted by Crippen LogP contribution is -2.35. The molecule has 0 bridgehead atoms. The van der Waals surface area contributed by atoms with Crippen LogP contribution in [0.25, 0.3) is 0 Å². The second-order valence-electron chi connectivity index (χ2n) is 4.95. The Morgan fingerprint density at radius 1 is 1.33 bits per heavy atom. The Labute approximate surface area is 92.3 Å². The molecule has 0 aromatic carbocycles. The molecule has 0 amide bonds. The van der Waals surface area contributed by atoms with Crippen LogP contribution in [0.5, 0.6) is 0 Å². The molecule has 0 heterocycles. The lowest BCUT2D eigenvalue weighted by Gasteiger charge is -2.31. The van der Waals surface area contributed by atoms with E-state index in [4.69, 9.17) is 5.11 Å². The zero-order valence-corrected chi connectivity index (χ0v) is 9.83. The van der Waals surface area contributed by atoms with E-state index in [9.17, 15) is 4.79 Å². The maximum Gasteiger partial charge on any atom is 0.304 e. The highest BCUT2D eigenvalue weighted by Gasteiger charge is 2.22. The third kappa shape index (κ3) is 4.65. The molecule has 0 atom stereocenters. The number of hydrogen-bond donors (Lipinski definition) is 2. The van der Waals surface area contributed by atoms with Crippen LogP contribution in [0.2, 0.25) is 0 Å². The van der Waals surface area contributed by atoms with E-state index in [1.54, 1.807) is 0 Å². The fourth-order valence-corrected chi connectivity index (χ4v) is 2.37. The van der Waals surface area contributed by atoms with Gasteiger partial charge in [-0.2, -0.15) is 0 Å². The van der Waals surface area contributed by atoms with Crippen molar-refractivity contribution in [2.45, 2.75) is 52.0 Å². The average molecular weight is 213 g/mol. The summed E-state index contributed by atoms with van der Waals surface area (Å²) in [5.74, 6) is 0.964. The monoisotopic (exact) mass is 213 g/mol. The van der Waals surface area contributed by atoms with E-state index >= 15 is 0 Å². The Hall–Kier alpha value is -0.570. The molecule has 88 valence electrons. The van der Waals surface area contributed by atoms with Crippen LogP contribution in [0.4, 0.5) is 0 Å². The summed E-state index contributed by atoms with van der Waals surface area (Å²) in [7, 11) is 0. The van der Waals surface area contributed by atoms with Crippen LogP contribution in [0.1, 0.15) is 46.0 Å². The second-order valence-corrected chi connectivity index (χ2v) is 4.95. The predicted octanol–water partition coefficient (Wildman–Crippen LogP) is 2.27. The van der Waals surface area contributed by atoms with Crippen LogP contribution < -0.4 is 5.32 Å². The molecule has 0 aromatic rings. The number of rotatable bonds is 5. The van der Waals surface area contributed by atoms with Crippen molar-refractivity contribution in [2.24, 2.45) is 11.8 Å². The van der Waals surface area contributed by atoms with Gasteiger partial charge in [-0.15, -0.1) is 0 Å². The van der Waals surface area contributed by atoms with E-state index in [1.807, 2.05) is 0 Å². The van der Waals surface area contributed by atoms with Gasteiger partial charge in [0.15, 0.2) is 0 Å². The van der Waals surface area contributed by atoms with E-state index in [1.165, 1.54) is 25.7 Å². The van der Waals surface area contributed by atoms with Crippen molar-refractivity contribution in [3.63, 3.8) is 0 Å². The summed E-state index contributed by atoms with van der Waals surface area (Å²) in [5.41, 5.74) is 0. The Morgan fingerprint density at radius 2 is 1.93 bits per heavy atom. The summed E-state index contributed by atoms with van der Waals surface area (Å²) >= 11 is 0. The van der Waals surface area contributed by atoms with Crippen LogP contribution in [0, 0.1) is 11.8 Å². The minimum Gasteiger partial charge on any atom is -0.481 e. The van der Waals surface area contributed by atoms with E-state index in [2.05, 4.69) is 19.2 Å². The number of carboxylic acid groups (broad SMARTS) is 1. The van der Waals surface area contributed by atoms with Crippen molar-refractivity contribution in [2.75, 3.05) is 6.54 Å². The van der Waals surface area contributed by atoms with Gasteiger partial charge in [0, 0.05) is 12.6 Å². The molecule has 15 heavy (non-hydrogen) atoms. The zero-order chi connectivity index (χ0) is 11.3. The smallest absolute Gasteiger partial charge is 0.304 e. The van der Waals surface area contributed by atoms with Crippen molar-refractivity contribution < 1.29 is 9.90 Å². The fourth-order valence-electron chi connectivity index (χ4n) is 2.37. The first-order chi connectivity index (χ1) is 7.09. The first-order valence-corrected chi connectivity index (χ1v) is 6.04. The van der Waals surface area contributed by atoms with Gasteiger partial charge in [-0.25, -0.2) is 0 Å². The molecule has 0 spiro atoms. The van der Waals surface area contributed by atoms with Gasteiger partial charge in [-0.1, -0.05) is 13.8 Å². The van der Waals surface area contributed by atoms with E-state index in [-0.39, 0.29) is 6.42 Å². The molecule has 1 fully saturated rings. The Balaban J connectivity index is 2.12. The van der Waals surface area contributed by atoms with E-state index < -0.39 is 5.97 Å². The SMILES string of the molecule is CC(C)C1CCC(NCCC(=O)O)CC1. The molecule has 0 aliphatic heterocycles. The van der Waals surface area contributed by atoms with E-state index in [0.717, 1.165) is 11.8 Å². The summed E-state index contributed by atoms with van der Waals surface area (Å²) < 4.78 is 0. The van der Waals surface area contributed by atoms with Crippen LogP contribution in [-0.4, -0.2) is 23.7 Å². The second kappa shape index (κ2) is 6.11. The lowest BCUT2D eigenvalue weighted by atomic mass is 9.80. The van der Waals surface area contributed by atoms with Gasteiger partial charge >= 0.3 is 5.97 Å². The molecular formula is C12H23NO2. The summed E-state index contributed by atoms with van der Waals surface area (Å²) in [5, 5.41) is 11.8. The zero-order valence-electron chi connectivity index (χ0n) is 9.83. The number of carbonyl (C=O) groups is 1. The Bertz CT molecular complexity index is 196. The van der Waals surface area contributed by atoms with Crippen molar-refractivity contribution in [1.29, 1.82) is 0 Å². The highest BCUT2D eigenvalue weighted by atomic mass is 16.4. The number of nitrogens with one attached hydrogen (secondary N) is 1. The molecule has 0 aromatic heterocycles. The third-order valence-corrected chi connectivity index (χ3v) is 3.49. The maximum atomic E-state index is 10.3. The van der Waals surface area contributed by atoms with E-state index in [0.29, 0.717) is 12.6 Å². The van der Waals surface area contributed by atoms with Crippen molar-refractivity contribution in [3.8, 4) is 0 Å². The molecule has 1 rings (SSSR count). The van der Waals surface area contributed by atoms with Crippen LogP contribution in [0.3, 0.4) is 0 Å². The molecular weight excluding hydrogens is 190 g/mol. The minimum absolute atomic E-state index is 0.240. The standard InChI is InChI=1S/C12H23NO2/c1-9(2)10-3-5-11(6-4-10)13-8-7-12(14)15/h9-11,13H,3-8H2,1-2H3,(H,14,15). The van der Waals surface area contributed by atoms with Gasteiger partial charge in [0.2, 0.25) is 0 Å². The summed E-state index contributed by atoms with van der Waals surface area (Å²) in [4.78, 5) is 10.3. The fraction of sp³-hybridized carbons (Fsp3) is 0.917. The van der Waals surface area contributed by atoms with Gasteiger partial charge in [0.1, 0.15) is 0 Å². The molecule has 0 unspecified atom stereocenters. The topological polar surface area (TPSA) is 49.3 Å². The third-order valence-electron chi connectivity index (χ3n) is 3.49. The van der Waals surface area contributed by atoms with Crippen LogP contribution in [0.15, 0.2) is 0 Å². The summed E-state index contributed by atoms with van der Waals surface area (Å²) in [6.07, 6.45) is 5.25. The molecule has 1 aliphatic carbocycles. The number of aliphatic carboxylic acids is 1. The van der Waals surface area contributed by atoms with Gasteiger partial charge in [0.05, 0.1) is 6.42 Å². The highest BCUT2D eigenvalue weighted by molar-refractivity contribution is 5.66. The molecule has 0 saturated heterocycles. The lowest BCUT2D eigenvalue weighted by molar-refractivity contribution is -0.136. The molecule has 1 aliphatic rings. The average Bonchev–Trinajstić information content (AvgIpc) is 2.18. The maximum absolute atomic E-state index is 10.3. The van der Waals surface area contributed by atoms with Gasteiger partial charge in [-0.3, -0.25) is 4.79 Å². The minimum atomic E-state index is -0.710. The first-order valence-electron chi connectivity index (χ1n) is 6.04.